The second kappa shape index (κ2) is 9.93. The van der Waals surface area contributed by atoms with Crippen LogP contribution in [-0.4, -0.2) is 11.8 Å². The number of hydrogen-bond donors (Lipinski definition) is 2. The standard InChI is InChI=1S/C33H50N2O2/c1-29(2,3)21-15-22(30(4,5)6)18-25(17-21)34-27(36)33(13,14)28(37)35-26-19-23(31(7,8)9)16-24(20-26)32(10,11)12/h15-20H,1-14H3,(H,34,36)(H,35,37). The van der Waals surface area contributed by atoms with Gasteiger partial charge in [-0.15, -0.1) is 0 Å². The van der Waals surface area contributed by atoms with E-state index < -0.39 is 5.41 Å². The van der Waals surface area contributed by atoms with Crippen LogP contribution in [0.15, 0.2) is 36.4 Å². The van der Waals surface area contributed by atoms with Crippen molar-refractivity contribution in [2.24, 2.45) is 5.41 Å². The second-order valence-electron chi connectivity index (χ2n) is 15.1. The molecule has 0 atom stereocenters. The van der Waals surface area contributed by atoms with E-state index in [-0.39, 0.29) is 33.5 Å². The van der Waals surface area contributed by atoms with Crippen molar-refractivity contribution in [2.45, 2.75) is 119 Å². The van der Waals surface area contributed by atoms with Crippen molar-refractivity contribution < 1.29 is 9.59 Å². The molecule has 0 aliphatic carbocycles. The number of hydrogen-bond acceptors (Lipinski definition) is 2. The topological polar surface area (TPSA) is 58.2 Å². The molecule has 0 saturated heterocycles. The lowest BCUT2D eigenvalue weighted by molar-refractivity contribution is -0.135. The van der Waals surface area contributed by atoms with Gasteiger partial charge < -0.3 is 10.6 Å². The SMILES string of the molecule is CC(C)(C(=O)Nc1cc(C(C)(C)C)cc(C(C)(C)C)c1)C(=O)Nc1cc(C(C)(C)C)cc(C(C)(C)C)c1. The Hall–Kier alpha value is -2.62. The zero-order valence-electron chi connectivity index (χ0n) is 25.8. The summed E-state index contributed by atoms with van der Waals surface area (Å²) in [5.74, 6) is -0.669. The van der Waals surface area contributed by atoms with Crippen molar-refractivity contribution in [1.82, 2.24) is 0 Å². The molecule has 0 fully saturated rings. The highest BCUT2D eigenvalue weighted by Crippen LogP contribution is 2.34. The summed E-state index contributed by atoms with van der Waals surface area (Å²) in [7, 11) is 0. The summed E-state index contributed by atoms with van der Waals surface area (Å²) in [4.78, 5) is 26.9. The monoisotopic (exact) mass is 506 g/mol. The summed E-state index contributed by atoms with van der Waals surface area (Å²) in [5.41, 5.74) is 4.44. The Morgan fingerprint density at radius 2 is 0.649 bits per heavy atom. The van der Waals surface area contributed by atoms with E-state index in [9.17, 15) is 9.59 Å². The number of benzene rings is 2. The van der Waals surface area contributed by atoms with Crippen LogP contribution in [0, 0.1) is 5.41 Å². The number of amides is 2. The van der Waals surface area contributed by atoms with E-state index in [0.29, 0.717) is 11.4 Å². The summed E-state index contributed by atoms with van der Waals surface area (Å²) >= 11 is 0. The highest BCUT2D eigenvalue weighted by Gasteiger charge is 2.37. The minimum absolute atomic E-state index is 0.0730. The molecule has 0 aliphatic rings. The summed E-state index contributed by atoms with van der Waals surface area (Å²) in [5, 5.41) is 6.09. The minimum Gasteiger partial charge on any atom is -0.325 e. The Bertz CT molecular complexity index is 1000. The number of carbonyl (C=O) groups is 2. The third kappa shape index (κ3) is 7.69. The molecule has 2 aromatic rings. The molecule has 0 saturated carbocycles. The average molecular weight is 507 g/mol. The van der Waals surface area contributed by atoms with Gasteiger partial charge in [0.15, 0.2) is 0 Å². The molecule has 204 valence electrons. The van der Waals surface area contributed by atoms with Crippen LogP contribution in [0.5, 0.6) is 0 Å². The lowest BCUT2D eigenvalue weighted by Gasteiger charge is -2.28. The fourth-order valence-electron chi connectivity index (χ4n) is 3.81. The van der Waals surface area contributed by atoms with Crippen molar-refractivity contribution in [3.63, 3.8) is 0 Å². The minimum atomic E-state index is -1.28. The van der Waals surface area contributed by atoms with Gasteiger partial charge in [-0.05, 0) is 82.0 Å². The molecule has 2 N–H and O–H groups in total. The van der Waals surface area contributed by atoms with Gasteiger partial charge in [0.05, 0.1) is 0 Å². The first-order valence-corrected chi connectivity index (χ1v) is 13.4. The van der Waals surface area contributed by atoms with E-state index in [1.807, 2.05) is 24.3 Å². The maximum absolute atomic E-state index is 13.5. The van der Waals surface area contributed by atoms with Crippen LogP contribution in [0.4, 0.5) is 11.4 Å². The maximum Gasteiger partial charge on any atom is 0.239 e. The summed E-state index contributed by atoms with van der Waals surface area (Å²) in [6.45, 7) is 29.3. The third-order valence-corrected chi connectivity index (χ3v) is 6.98. The number of nitrogens with one attached hydrogen (secondary N) is 2. The smallest absolute Gasteiger partial charge is 0.239 e. The van der Waals surface area contributed by atoms with Crippen molar-refractivity contribution in [1.29, 1.82) is 0 Å². The molecule has 2 rings (SSSR count). The quantitative estimate of drug-likeness (QED) is 0.409. The molecule has 0 heterocycles. The van der Waals surface area contributed by atoms with Crippen LogP contribution in [-0.2, 0) is 31.2 Å². The third-order valence-electron chi connectivity index (χ3n) is 6.98. The average Bonchev–Trinajstić information content (AvgIpc) is 2.70. The first-order valence-electron chi connectivity index (χ1n) is 13.4. The number of rotatable bonds is 4. The van der Waals surface area contributed by atoms with Crippen LogP contribution in [0.25, 0.3) is 0 Å². The Kier molecular flexibility index (Phi) is 8.21. The van der Waals surface area contributed by atoms with Gasteiger partial charge in [-0.1, -0.05) is 95.2 Å². The summed E-state index contributed by atoms with van der Waals surface area (Å²) in [6.07, 6.45) is 0. The van der Waals surface area contributed by atoms with Crippen molar-refractivity contribution in [3.05, 3.63) is 58.7 Å². The van der Waals surface area contributed by atoms with Gasteiger partial charge in [-0.3, -0.25) is 9.59 Å². The molecule has 0 bridgehead atoms. The van der Waals surface area contributed by atoms with E-state index in [4.69, 9.17) is 0 Å². The largest absolute Gasteiger partial charge is 0.325 e. The Balaban J connectivity index is 2.39. The zero-order chi connectivity index (χ0) is 28.8. The van der Waals surface area contributed by atoms with Gasteiger partial charge in [-0.2, -0.15) is 0 Å². The molecule has 0 spiro atoms. The van der Waals surface area contributed by atoms with Crippen LogP contribution in [0.1, 0.15) is 119 Å². The van der Waals surface area contributed by atoms with Gasteiger partial charge >= 0.3 is 0 Å². The predicted octanol–water partition coefficient (Wildman–Crippen LogP) is 8.48. The van der Waals surface area contributed by atoms with E-state index in [1.54, 1.807) is 13.8 Å². The predicted molar refractivity (Wildman–Crippen MR) is 159 cm³/mol. The van der Waals surface area contributed by atoms with Gasteiger partial charge in [0.2, 0.25) is 11.8 Å². The molecule has 0 unspecified atom stereocenters. The zero-order valence-corrected chi connectivity index (χ0v) is 25.8. The highest BCUT2D eigenvalue weighted by atomic mass is 16.2. The van der Waals surface area contributed by atoms with E-state index in [0.717, 1.165) is 22.3 Å². The van der Waals surface area contributed by atoms with Crippen LogP contribution < -0.4 is 10.6 Å². The molecule has 0 aliphatic heterocycles. The Morgan fingerprint density at radius 3 is 0.838 bits per heavy atom. The second-order valence-corrected chi connectivity index (χ2v) is 15.1. The van der Waals surface area contributed by atoms with E-state index in [2.05, 4.69) is 106 Å². The fraction of sp³-hybridized carbons (Fsp3) is 0.576. The van der Waals surface area contributed by atoms with Gasteiger partial charge in [0, 0.05) is 11.4 Å². The fourth-order valence-corrected chi connectivity index (χ4v) is 3.81. The normalized spacial score (nSPS) is 13.4. The first kappa shape index (κ1) is 30.6. The lowest BCUT2D eigenvalue weighted by Crippen LogP contribution is -2.41. The Morgan fingerprint density at radius 1 is 0.432 bits per heavy atom. The molecular weight excluding hydrogens is 456 g/mol. The first-order chi connectivity index (χ1) is 16.4. The molecule has 4 nitrogen and oxygen atoms in total. The van der Waals surface area contributed by atoms with Crippen LogP contribution in [0.2, 0.25) is 0 Å². The van der Waals surface area contributed by atoms with Crippen LogP contribution >= 0.6 is 0 Å². The molecule has 37 heavy (non-hydrogen) atoms. The van der Waals surface area contributed by atoms with E-state index >= 15 is 0 Å². The Labute approximate surface area is 226 Å². The molecule has 4 heteroatoms. The lowest BCUT2D eigenvalue weighted by atomic mass is 9.80. The van der Waals surface area contributed by atoms with Gasteiger partial charge in [0.1, 0.15) is 5.41 Å². The summed E-state index contributed by atoms with van der Waals surface area (Å²) < 4.78 is 0. The number of carbonyl (C=O) groups excluding carboxylic acids is 2. The molecular formula is C33H50N2O2. The van der Waals surface area contributed by atoms with E-state index in [1.165, 1.54) is 0 Å². The van der Waals surface area contributed by atoms with Crippen LogP contribution in [0.3, 0.4) is 0 Å². The highest BCUT2D eigenvalue weighted by molar-refractivity contribution is 6.14. The molecule has 2 aromatic carbocycles. The van der Waals surface area contributed by atoms with Crippen molar-refractivity contribution in [3.8, 4) is 0 Å². The van der Waals surface area contributed by atoms with Crippen molar-refractivity contribution in [2.75, 3.05) is 10.6 Å². The van der Waals surface area contributed by atoms with Crippen molar-refractivity contribution >= 4 is 23.2 Å². The molecule has 2 amide bonds. The summed E-state index contributed by atoms with van der Waals surface area (Å²) in [6, 6.07) is 12.5. The van der Waals surface area contributed by atoms with Gasteiger partial charge in [0.25, 0.3) is 0 Å². The number of anilines is 2. The molecule has 0 radical (unpaired) electrons. The molecule has 0 aromatic heterocycles. The van der Waals surface area contributed by atoms with Gasteiger partial charge in [-0.25, -0.2) is 0 Å². The maximum atomic E-state index is 13.5.